The Labute approximate surface area is 119 Å². The van der Waals surface area contributed by atoms with Crippen molar-refractivity contribution in [1.29, 1.82) is 0 Å². The summed E-state index contributed by atoms with van der Waals surface area (Å²) in [7, 11) is 0. The topological polar surface area (TPSA) is 62.2 Å². The number of aryl methyl sites for hydroxylation is 1. The molecule has 1 heterocycles. The molecule has 0 bridgehead atoms. The van der Waals surface area contributed by atoms with Crippen molar-refractivity contribution < 1.29 is 9.90 Å². The number of hydrogen-bond acceptors (Lipinski definition) is 4. The number of amides is 1. The van der Waals surface area contributed by atoms with E-state index in [2.05, 4.69) is 10.3 Å². The van der Waals surface area contributed by atoms with Crippen molar-refractivity contribution in [3.63, 3.8) is 0 Å². The van der Waals surface area contributed by atoms with Crippen molar-refractivity contribution in [3.8, 4) is 5.75 Å². The van der Waals surface area contributed by atoms with E-state index >= 15 is 0 Å². The van der Waals surface area contributed by atoms with E-state index in [1.54, 1.807) is 18.2 Å². The summed E-state index contributed by atoms with van der Waals surface area (Å²) in [5.74, 6) is -0.402. The average molecular weight is 284 g/mol. The number of hydrogen-bond donors (Lipinski definition) is 2. The molecule has 1 amide bonds. The van der Waals surface area contributed by atoms with E-state index in [1.165, 1.54) is 17.4 Å². The van der Waals surface area contributed by atoms with Gasteiger partial charge in [-0.25, -0.2) is 4.98 Å². The highest BCUT2D eigenvalue weighted by Crippen LogP contribution is 2.27. The Bertz CT molecular complexity index is 795. The molecule has 4 nitrogen and oxygen atoms in total. The Balaban J connectivity index is 1.89. The summed E-state index contributed by atoms with van der Waals surface area (Å²) >= 11 is 1.42. The van der Waals surface area contributed by atoms with E-state index in [1.807, 2.05) is 25.1 Å². The van der Waals surface area contributed by atoms with Crippen LogP contribution in [0.4, 0.5) is 5.13 Å². The Morgan fingerprint density at radius 2 is 2.05 bits per heavy atom. The Morgan fingerprint density at radius 1 is 1.25 bits per heavy atom. The van der Waals surface area contributed by atoms with Crippen LogP contribution in [0, 0.1) is 6.92 Å². The summed E-state index contributed by atoms with van der Waals surface area (Å²) in [6.07, 6.45) is 0. The van der Waals surface area contributed by atoms with Gasteiger partial charge in [0.15, 0.2) is 5.13 Å². The summed E-state index contributed by atoms with van der Waals surface area (Å²) in [4.78, 5) is 16.4. The smallest absolute Gasteiger partial charge is 0.261 e. The molecular weight excluding hydrogens is 272 g/mol. The monoisotopic (exact) mass is 284 g/mol. The predicted octanol–water partition coefficient (Wildman–Crippen LogP) is 3.56. The molecule has 0 aliphatic heterocycles. The van der Waals surface area contributed by atoms with Gasteiger partial charge in [-0.3, -0.25) is 10.1 Å². The summed E-state index contributed by atoms with van der Waals surface area (Å²) in [6, 6.07) is 12.4. The fourth-order valence-electron chi connectivity index (χ4n) is 1.92. The minimum absolute atomic E-state index is 0.0399. The molecule has 0 unspecified atom stereocenters. The van der Waals surface area contributed by atoms with Crippen LogP contribution < -0.4 is 5.32 Å². The average Bonchev–Trinajstić information content (AvgIpc) is 2.80. The molecule has 3 rings (SSSR count). The first-order valence-corrected chi connectivity index (χ1v) is 6.92. The van der Waals surface area contributed by atoms with E-state index in [4.69, 9.17) is 0 Å². The minimum Gasteiger partial charge on any atom is -0.507 e. The minimum atomic E-state index is -0.362. The van der Waals surface area contributed by atoms with Gasteiger partial charge in [-0.05, 0) is 36.8 Å². The molecule has 0 aliphatic rings. The second-order valence-corrected chi connectivity index (χ2v) is 5.49. The Kier molecular flexibility index (Phi) is 3.12. The number of phenols is 1. The largest absolute Gasteiger partial charge is 0.507 e. The maximum absolute atomic E-state index is 12.1. The number of rotatable bonds is 2. The number of nitrogens with one attached hydrogen (secondary N) is 1. The van der Waals surface area contributed by atoms with Gasteiger partial charge in [0.1, 0.15) is 5.75 Å². The van der Waals surface area contributed by atoms with Gasteiger partial charge < -0.3 is 5.11 Å². The van der Waals surface area contributed by atoms with Crippen molar-refractivity contribution in [2.24, 2.45) is 0 Å². The highest BCUT2D eigenvalue weighted by molar-refractivity contribution is 7.22. The number of nitrogens with zero attached hydrogens (tertiary/aromatic N) is 1. The van der Waals surface area contributed by atoms with Crippen LogP contribution in [-0.2, 0) is 0 Å². The molecule has 0 aliphatic carbocycles. The SMILES string of the molecule is Cc1ccc2nc(NC(=O)c3ccccc3O)sc2c1. The molecule has 20 heavy (non-hydrogen) atoms. The highest BCUT2D eigenvalue weighted by Gasteiger charge is 2.12. The van der Waals surface area contributed by atoms with Gasteiger partial charge in [-0.2, -0.15) is 0 Å². The van der Waals surface area contributed by atoms with E-state index in [9.17, 15) is 9.90 Å². The van der Waals surface area contributed by atoms with Crippen LogP contribution in [0.1, 0.15) is 15.9 Å². The molecule has 0 atom stereocenters. The third kappa shape index (κ3) is 2.35. The molecule has 0 saturated carbocycles. The highest BCUT2D eigenvalue weighted by atomic mass is 32.1. The zero-order chi connectivity index (χ0) is 14.1. The number of carbonyl (C=O) groups is 1. The molecule has 5 heteroatoms. The van der Waals surface area contributed by atoms with Gasteiger partial charge in [0.2, 0.25) is 0 Å². The molecule has 0 radical (unpaired) electrons. The standard InChI is InChI=1S/C15H12N2O2S/c1-9-6-7-11-13(8-9)20-15(16-11)17-14(19)10-4-2-3-5-12(10)18/h2-8,18H,1H3,(H,16,17,19). The maximum atomic E-state index is 12.1. The van der Waals surface area contributed by atoms with Crippen LogP contribution in [0.25, 0.3) is 10.2 Å². The number of carbonyl (C=O) groups excluding carboxylic acids is 1. The second kappa shape index (κ2) is 4.94. The van der Waals surface area contributed by atoms with E-state index < -0.39 is 0 Å². The molecule has 2 N–H and O–H groups in total. The lowest BCUT2D eigenvalue weighted by atomic mass is 10.2. The molecule has 0 spiro atoms. The predicted molar refractivity (Wildman–Crippen MR) is 80.4 cm³/mol. The van der Waals surface area contributed by atoms with Crippen molar-refractivity contribution >= 4 is 32.6 Å². The normalized spacial score (nSPS) is 10.7. The first kappa shape index (κ1) is 12.6. The molecule has 2 aromatic carbocycles. The summed E-state index contributed by atoms with van der Waals surface area (Å²) in [6.45, 7) is 2.01. The van der Waals surface area contributed by atoms with Gasteiger partial charge in [0.25, 0.3) is 5.91 Å². The molecular formula is C15H12N2O2S. The zero-order valence-electron chi connectivity index (χ0n) is 10.8. The van der Waals surface area contributed by atoms with E-state index in [0.29, 0.717) is 5.13 Å². The van der Waals surface area contributed by atoms with Crippen LogP contribution in [0.3, 0.4) is 0 Å². The van der Waals surface area contributed by atoms with Gasteiger partial charge in [-0.15, -0.1) is 0 Å². The molecule has 0 fully saturated rings. The van der Waals surface area contributed by atoms with Crippen LogP contribution in [0.5, 0.6) is 5.75 Å². The molecule has 1 aromatic heterocycles. The Morgan fingerprint density at radius 3 is 2.85 bits per heavy atom. The van der Waals surface area contributed by atoms with Crippen molar-refractivity contribution in [2.75, 3.05) is 5.32 Å². The summed E-state index contributed by atoms with van der Waals surface area (Å²) in [5, 5.41) is 12.9. The number of thiazole rings is 1. The third-order valence-electron chi connectivity index (χ3n) is 2.91. The van der Waals surface area contributed by atoms with E-state index in [-0.39, 0.29) is 17.2 Å². The van der Waals surface area contributed by atoms with Gasteiger partial charge in [0.05, 0.1) is 15.8 Å². The van der Waals surface area contributed by atoms with Crippen LogP contribution >= 0.6 is 11.3 Å². The Hall–Kier alpha value is -2.40. The van der Waals surface area contributed by atoms with Crippen LogP contribution in [0.15, 0.2) is 42.5 Å². The summed E-state index contributed by atoms with van der Waals surface area (Å²) in [5.41, 5.74) is 2.25. The second-order valence-electron chi connectivity index (χ2n) is 4.46. The number of aromatic hydroxyl groups is 1. The van der Waals surface area contributed by atoms with Crippen LogP contribution in [-0.4, -0.2) is 16.0 Å². The first-order valence-electron chi connectivity index (χ1n) is 6.10. The maximum Gasteiger partial charge on any atom is 0.261 e. The van der Waals surface area contributed by atoms with Gasteiger partial charge >= 0.3 is 0 Å². The fourth-order valence-corrected chi connectivity index (χ4v) is 2.87. The van der Waals surface area contributed by atoms with E-state index in [0.717, 1.165) is 15.8 Å². The molecule has 3 aromatic rings. The number of anilines is 1. The van der Waals surface area contributed by atoms with Gasteiger partial charge in [-0.1, -0.05) is 29.5 Å². The first-order chi connectivity index (χ1) is 9.63. The lowest BCUT2D eigenvalue weighted by Crippen LogP contribution is -2.11. The fraction of sp³-hybridized carbons (Fsp3) is 0.0667. The van der Waals surface area contributed by atoms with Crippen molar-refractivity contribution in [2.45, 2.75) is 6.92 Å². The quantitative estimate of drug-likeness (QED) is 0.756. The zero-order valence-corrected chi connectivity index (χ0v) is 11.6. The number of phenolic OH excluding ortho intramolecular Hbond substituents is 1. The van der Waals surface area contributed by atoms with Gasteiger partial charge in [0, 0.05) is 0 Å². The number of aromatic nitrogens is 1. The molecule has 100 valence electrons. The number of fused-ring (bicyclic) bond motifs is 1. The summed E-state index contributed by atoms with van der Waals surface area (Å²) < 4.78 is 1.03. The number of benzene rings is 2. The third-order valence-corrected chi connectivity index (χ3v) is 3.85. The van der Waals surface area contributed by atoms with Crippen LogP contribution in [0.2, 0.25) is 0 Å². The van der Waals surface area contributed by atoms with Crippen molar-refractivity contribution in [3.05, 3.63) is 53.6 Å². The number of para-hydroxylation sites is 1. The lowest BCUT2D eigenvalue weighted by Gasteiger charge is -2.03. The van der Waals surface area contributed by atoms with Crippen molar-refractivity contribution in [1.82, 2.24) is 4.98 Å². The lowest BCUT2D eigenvalue weighted by molar-refractivity contribution is 0.102. The molecule has 0 saturated heterocycles.